The van der Waals surface area contributed by atoms with E-state index in [0.29, 0.717) is 12.6 Å². The maximum atomic E-state index is 11.2. The molecule has 138 valence electrons. The second kappa shape index (κ2) is 7.50. The summed E-state index contributed by atoms with van der Waals surface area (Å²) in [6.07, 6.45) is 7.08. The van der Waals surface area contributed by atoms with E-state index in [1.165, 1.54) is 34.9 Å². The Hall–Kier alpha value is -2.34. The average molecular weight is 354 g/mol. The van der Waals surface area contributed by atoms with Crippen LogP contribution in [0, 0.1) is 0 Å². The zero-order valence-corrected chi connectivity index (χ0v) is 15.3. The van der Waals surface area contributed by atoms with Gasteiger partial charge in [0.1, 0.15) is 6.61 Å². The van der Waals surface area contributed by atoms with Gasteiger partial charge in [-0.05, 0) is 37.4 Å². The molecule has 2 aliphatic heterocycles. The lowest BCUT2D eigenvalue weighted by Crippen LogP contribution is -2.50. The Bertz CT molecular complexity index is 789. The van der Waals surface area contributed by atoms with Crippen molar-refractivity contribution in [1.82, 2.24) is 15.2 Å². The van der Waals surface area contributed by atoms with Gasteiger partial charge in [-0.3, -0.25) is 9.88 Å². The highest BCUT2D eigenvalue weighted by atomic mass is 16.5. The van der Waals surface area contributed by atoms with Gasteiger partial charge < -0.3 is 15.0 Å². The standard InChI is InChI=1S/C20H26N4O2/c1-21-20(25)26-11-10-23-8-3-5-17(14-23)24-9-7-16-13-22-12-15-4-2-6-18(24)19(15)16/h2,4,6,12-13,17H,3,5,7-11,14H2,1H3,(H,21,25). The predicted molar refractivity (Wildman–Crippen MR) is 103 cm³/mol. The maximum absolute atomic E-state index is 11.2. The molecule has 3 heterocycles. The molecule has 26 heavy (non-hydrogen) atoms. The van der Waals surface area contributed by atoms with Crippen molar-refractivity contribution in [3.63, 3.8) is 0 Å². The number of rotatable bonds is 4. The Morgan fingerprint density at radius 2 is 2.27 bits per heavy atom. The van der Waals surface area contributed by atoms with Gasteiger partial charge >= 0.3 is 6.09 Å². The quantitative estimate of drug-likeness (QED) is 0.914. The van der Waals surface area contributed by atoms with E-state index in [0.717, 1.165) is 32.6 Å². The van der Waals surface area contributed by atoms with Gasteiger partial charge in [-0.25, -0.2) is 4.79 Å². The number of alkyl carbamates (subject to hydrolysis) is 1. The average Bonchev–Trinajstić information content (AvgIpc) is 2.69. The van der Waals surface area contributed by atoms with Crippen molar-refractivity contribution in [2.45, 2.75) is 25.3 Å². The Morgan fingerprint density at radius 3 is 3.15 bits per heavy atom. The summed E-state index contributed by atoms with van der Waals surface area (Å²) in [7, 11) is 1.59. The van der Waals surface area contributed by atoms with Crippen LogP contribution in [0.15, 0.2) is 30.6 Å². The van der Waals surface area contributed by atoms with E-state index in [-0.39, 0.29) is 6.09 Å². The monoisotopic (exact) mass is 354 g/mol. The molecule has 1 amide bonds. The Kier molecular flexibility index (Phi) is 4.93. The van der Waals surface area contributed by atoms with Gasteiger partial charge in [0, 0.05) is 61.6 Å². The lowest BCUT2D eigenvalue weighted by atomic mass is 9.95. The Morgan fingerprint density at radius 1 is 1.35 bits per heavy atom. The van der Waals surface area contributed by atoms with Gasteiger partial charge in [-0.2, -0.15) is 0 Å². The highest BCUT2D eigenvalue weighted by Gasteiger charge is 2.29. The smallest absolute Gasteiger partial charge is 0.406 e. The number of carbonyl (C=O) groups excluding carboxylic acids is 1. The first kappa shape index (κ1) is 17.1. The normalized spacial score (nSPS) is 20.2. The number of anilines is 1. The molecule has 1 N–H and O–H groups in total. The van der Waals surface area contributed by atoms with Crippen molar-refractivity contribution in [2.24, 2.45) is 0 Å². The molecule has 2 aliphatic rings. The van der Waals surface area contributed by atoms with E-state index in [4.69, 9.17) is 4.74 Å². The van der Waals surface area contributed by atoms with E-state index in [2.05, 4.69) is 38.3 Å². The molecule has 1 saturated heterocycles. The zero-order valence-electron chi connectivity index (χ0n) is 15.3. The van der Waals surface area contributed by atoms with Gasteiger partial charge in [0.05, 0.1) is 0 Å². The van der Waals surface area contributed by atoms with Crippen LogP contribution in [0.1, 0.15) is 18.4 Å². The first-order valence-electron chi connectivity index (χ1n) is 9.45. The molecule has 0 radical (unpaired) electrons. The Balaban J connectivity index is 1.48. The van der Waals surface area contributed by atoms with Crippen LogP contribution in [0.4, 0.5) is 10.5 Å². The maximum Gasteiger partial charge on any atom is 0.406 e. The minimum absolute atomic E-state index is 0.355. The van der Waals surface area contributed by atoms with Gasteiger partial charge in [0.15, 0.2) is 0 Å². The fourth-order valence-electron chi connectivity index (χ4n) is 4.28. The topological polar surface area (TPSA) is 57.7 Å². The minimum atomic E-state index is -0.355. The van der Waals surface area contributed by atoms with Crippen LogP contribution in [0.25, 0.3) is 10.8 Å². The summed E-state index contributed by atoms with van der Waals surface area (Å²) in [5, 5.41) is 5.09. The van der Waals surface area contributed by atoms with E-state index in [9.17, 15) is 4.79 Å². The van der Waals surface area contributed by atoms with Crippen molar-refractivity contribution in [2.75, 3.05) is 44.7 Å². The van der Waals surface area contributed by atoms with Crippen molar-refractivity contribution in [1.29, 1.82) is 0 Å². The third-order valence-electron chi connectivity index (χ3n) is 5.54. The fraction of sp³-hybridized carbons (Fsp3) is 0.500. The van der Waals surface area contributed by atoms with Gasteiger partial charge in [0.25, 0.3) is 0 Å². The molecule has 1 atom stereocenters. The molecule has 1 unspecified atom stereocenters. The first-order chi connectivity index (χ1) is 12.8. The molecule has 0 aliphatic carbocycles. The molecule has 0 bridgehead atoms. The number of piperidine rings is 1. The lowest BCUT2D eigenvalue weighted by Gasteiger charge is -2.42. The summed E-state index contributed by atoms with van der Waals surface area (Å²) in [4.78, 5) is 20.6. The fourth-order valence-corrected chi connectivity index (χ4v) is 4.28. The van der Waals surface area contributed by atoms with Crippen molar-refractivity contribution < 1.29 is 9.53 Å². The number of likely N-dealkylation sites (tertiary alicyclic amines) is 1. The summed E-state index contributed by atoms with van der Waals surface area (Å²) in [6, 6.07) is 7.05. The van der Waals surface area contributed by atoms with Gasteiger partial charge in [-0.1, -0.05) is 12.1 Å². The number of aromatic nitrogens is 1. The van der Waals surface area contributed by atoms with Crippen LogP contribution >= 0.6 is 0 Å². The molecular weight excluding hydrogens is 328 g/mol. The van der Waals surface area contributed by atoms with Crippen molar-refractivity contribution >= 4 is 22.6 Å². The molecule has 1 aromatic carbocycles. The molecule has 4 rings (SSSR count). The number of nitrogens with zero attached hydrogens (tertiary/aromatic N) is 3. The van der Waals surface area contributed by atoms with Crippen LogP contribution < -0.4 is 10.2 Å². The molecule has 2 aromatic rings. The summed E-state index contributed by atoms with van der Waals surface area (Å²) in [5.74, 6) is 0. The highest BCUT2D eigenvalue weighted by Crippen LogP contribution is 2.36. The molecule has 6 heteroatoms. The number of nitrogens with one attached hydrogen (secondary N) is 1. The van der Waals surface area contributed by atoms with E-state index in [1.54, 1.807) is 7.05 Å². The number of hydrogen-bond donors (Lipinski definition) is 1. The van der Waals surface area contributed by atoms with Crippen LogP contribution in [-0.4, -0.2) is 61.9 Å². The SMILES string of the molecule is CNC(=O)OCCN1CCCC(N2CCc3cncc4cccc2c34)C1. The molecule has 6 nitrogen and oxygen atoms in total. The lowest BCUT2D eigenvalue weighted by molar-refractivity contribution is 0.118. The zero-order chi connectivity index (χ0) is 17.9. The highest BCUT2D eigenvalue weighted by molar-refractivity contribution is 5.97. The summed E-state index contributed by atoms with van der Waals surface area (Å²) >= 11 is 0. The number of amides is 1. The van der Waals surface area contributed by atoms with Crippen molar-refractivity contribution in [3.05, 3.63) is 36.2 Å². The molecule has 0 saturated carbocycles. The largest absolute Gasteiger partial charge is 0.448 e. The van der Waals surface area contributed by atoms with Gasteiger partial charge in [0.2, 0.25) is 0 Å². The number of benzene rings is 1. The van der Waals surface area contributed by atoms with Crippen molar-refractivity contribution in [3.8, 4) is 0 Å². The van der Waals surface area contributed by atoms with Gasteiger partial charge in [-0.15, -0.1) is 0 Å². The number of carbonyl (C=O) groups is 1. The second-order valence-electron chi connectivity index (χ2n) is 7.10. The summed E-state index contributed by atoms with van der Waals surface area (Å²) < 4.78 is 5.16. The third-order valence-corrected chi connectivity index (χ3v) is 5.54. The van der Waals surface area contributed by atoms with Crippen LogP contribution in [0.3, 0.4) is 0 Å². The summed E-state index contributed by atoms with van der Waals surface area (Å²) in [6.45, 7) is 4.38. The number of ether oxygens (including phenoxy) is 1. The number of pyridine rings is 1. The van der Waals surface area contributed by atoms with E-state index >= 15 is 0 Å². The molecule has 1 aromatic heterocycles. The van der Waals surface area contributed by atoms with Crippen LogP contribution in [0.5, 0.6) is 0 Å². The summed E-state index contributed by atoms with van der Waals surface area (Å²) in [5.41, 5.74) is 2.71. The van der Waals surface area contributed by atoms with E-state index < -0.39 is 0 Å². The van der Waals surface area contributed by atoms with Crippen LogP contribution in [0.2, 0.25) is 0 Å². The molecule has 0 spiro atoms. The molecule has 1 fully saturated rings. The van der Waals surface area contributed by atoms with E-state index in [1.807, 2.05) is 12.4 Å². The van der Waals surface area contributed by atoms with Crippen LogP contribution in [-0.2, 0) is 11.2 Å². The predicted octanol–water partition coefficient (Wildman–Crippen LogP) is 2.42. The minimum Gasteiger partial charge on any atom is -0.448 e. The third kappa shape index (κ3) is 3.33. The Labute approximate surface area is 154 Å². The number of hydrogen-bond acceptors (Lipinski definition) is 5. The molecular formula is C20H26N4O2. The first-order valence-corrected chi connectivity index (χ1v) is 9.45. The second-order valence-corrected chi connectivity index (χ2v) is 7.10.